The number of carbonyl (C=O) groups excluding carboxylic acids is 1. The molecular weight excluding hydrogens is 316 g/mol. The summed E-state index contributed by atoms with van der Waals surface area (Å²) < 4.78 is 5.28. The molecule has 22 heavy (non-hydrogen) atoms. The third-order valence-electron chi connectivity index (χ3n) is 4.18. The van der Waals surface area contributed by atoms with Crippen LogP contribution in [0, 0.1) is 0 Å². The highest BCUT2D eigenvalue weighted by Gasteiger charge is 2.31. The van der Waals surface area contributed by atoms with Crippen LogP contribution in [0.2, 0.25) is 0 Å². The highest BCUT2D eigenvalue weighted by Crippen LogP contribution is 2.43. The van der Waals surface area contributed by atoms with E-state index in [2.05, 4.69) is 17.6 Å². The molecule has 0 radical (unpaired) electrons. The summed E-state index contributed by atoms with van der Waals surface area (Å²) in [6, 6.07) is 0.500. The molecule has 1 saturated carbocycles. The van der Waals surface area contributed by atoms with Crippen molar-refractivity contribution in [2.45, 2.75) is 57.9 Å². The second-order valence-corrected chi connectivity index (χ2v) is 7.54. The van der Waals surface area contributed by atoms with Crippen LogP contribution in [0.1, 0.15) is 66.2 Å². The number of aryl methyl sites for hydroxylation is 1. The highest BCUT2D eigenvalue weighted by molar-refractivity contribution is 7.80. The van der Waals surface area contributed by atoms with Crippen molar-refractivity contribution >= 4 is 39.6 Å². The monoisotopic (exact) mass is 338 g/mol. The molecule has 2 aliphatic carbocycles. The number of hydrogen-bond acceptors (Lipinski definition) is 4. The quantitative estimate of drug-likeness (QED) is 0.646. The van der Waals surface area contributed by atoms with Gasteiger partial charge < -0.3 is 15.4 Å². The van der Waals surface area contributed by atoms with Crippen molar-refractivity contribution in [1.82, 2.24) is 5.32 Å². The molecule has 0 saturated heterocycles. The number of anilines is 1. The molecule has 1 aromatic heterocycles. The van der Waals surface area contributed by atoms with Crippen LogP contribution < -0.4 is 10.6 Å². The topological polar surface area (TPSA) is 50.4 Å². The van der Waals surface area contributed by atoms with E-state index >= 15 is 0 Å². The molecular formula is C16H22N2O2S2. The minimum absolute atomic E-state index is 0.231. The molecule has 3 rings (SSSR count). The van der Waals surface area contributed by atoms with Gasteiger partial charge in [0.2, 0.25) is 0 Å². The molecule has 6 heteroatoms. The van der Waals surface area contributed by atoms with Gasteiger partial charge in [-0.3, -0.25) is 0 Å². The molecule has 0 aromatic carbocycles. The molecule has 0 aliphatic heterocycles. The van der Waals surface area contributed by atoms with Gasteiger partial charge in [-0.1, -0.05) is 6.92 Å². The third kappa shape index (κ3) is 3.27. The van der Waals surface area contributed by atoms with Gasteiger partial charge >= 0.3 is 5.97 Å². The number of thiophene rings is 1. The van der Waals surface area contributed by atoms with Crippen molar-refractivity contribution in [2.24, 2.45) is 0 Å². The maximum atomic E-state index is 12.4. The lowest BCUT2D eigenvalue weighted by atomic mass is 9.86. The van der Waals surface area contributed by atoms with Crippen LogP contribution in [0.3, 0.4) is 0 Å². The Balaban J connectivity index is 1.89. The lowest BCUT2D eigenvalue weighted by molar-refractivity contribution is 0.0526. The van der Waals surface area contributed by atoms with Gasteiger partial charge in [0, 0.05) is 10.9 Å². The molecule has 2 N–H and O–H groups in total. The standard InChI is InChI=1S/C16H22N2O2S2/c1-3-20-15(19)13-12-9(2)5-4-6-11(12)22-14(13)18-16(21)17-10-7-8-10/h9-10H,3-8H2,1-2H3,(H2,17,18,21)/t9-/m1/s1. The van der Waals surface area contributed by atoms with Crippen molar-refractivity contribution in [3.05, 3.63) is 16.0 Å². The van der Waals surface area contributed by atoms with E-state index < -0.39 is 0 Å². The van der Waals surface area contributed by atoms with Crippen molar-refractivity contribution < 1.29 is 9.53 Å². The van der Waals surface area contributed by atoms with Crippen molar-refractivity contribution in [2.75, 3.05) is 11.9 Å². The Bertz CT molecular complexity index is 593. The number of nitrogens with one attached hydrogen (secondary N) is 2. The Hall–Kier alpha value is -1.14. The average Bonchev–Trinajstić information content (AvgIpc) is 3.18. The molecule has 2 aliphatic rings. The van der Waals surface area contributed by atoms with E-state index in [0.717, 1.165) is 17.8 Å². The predicted octanol–water partition coefficient (Wildman–Crippen LogP) is 3.81. The van der Waals surface area contributed by atoms with E-state index in [9.17, 15) is 4.79 Å². The number of rotatable bonds is 4. The van der Waals surface area contributed by atoms with E-state index in [-0.39, 0.29) is 5.97 Å². The highest BCUT2D eigenvalue weighted by atomic mass is 32.1. The Morgan fingerprint density at radius 3 is 2.86 bits per heavy atom. The first-order valence-corrected chi connectivity index (χ1v) is 9.22. The number of esters is 1. The van der Waals surface area contributed by atoms with Gasteiger partial charge in [0.25, 0.3) is 0 Å². The summed E-state index contributed by atoms with van der Waals surface area (Å²) in [6.45, 7) is 4.42. The van der Waals surface area contributed by atoms with Crippen LogP contribution in [0.15, 0.2) is 0 Å². The zero-order valence-corrected chi connectivity index (χ0v) is 14.7. The fourth-order valence-corrected chi connectivity index (χ4v) is 4.64. The first-order chi connectivity index (χ1) is 10.6. The van der Waals surface area contributed by atoms with Gasteiger partial charge in [0.15, 0.2) is 5.11 Å². The first-order valence-electron chi connectivity index (χ1n) is 8.00. The lowest BCUT2D eigenvalue weighted by Gasteiger charge is -2.19. The molecule has 4 nitrogen and oxygen atoms in total. The number of thiocarbonyl (C=S) groups is 1. The van der Waals surface area contributed by atoms with Gasteiger partial charge in [-0.05, 0) is 62.7 Å². The summed E-state index contributed by atoms with van der Waals surface area (Å²) in [7, 11) is 0. The van der Waals surface area contributed by atoms with Gasteiger partial charge in [-0.2, -0.15) is 0 Å². The molecule has 1 heterocycles. The number of carbonyl (C=O) groups is 1. The van der Waals surface area contributed by atoms with Crippen molar-refractivity contribution in [1.29, 1.82) is 0 Å². The number of ether oxygens (including phenoxy) is 1. The number of hydrogen-bond donors (Lipinski definition) is 2. The summed E-state index contributed by atoms with van der Waals surface area (Å²) in [6.07, 6.45) is 5.69. The number of fused-ring (bicyclic) bond motifs is 1. The van der Waals surface area contributed by atoms with E-state index in [1.165, 1.54) is 29.7 Å². The van der Waals surface area contributed by atoms with Gasteiger partial charge in [0.05, 0.1) is 12.2 Å². The van der Waals surface area contributed by atoms with Crippen LogP contribution in [0.4, 0.5) is 5.00 Å². The molecule has 1 aromatic rings. The van der Waals surface area contributed by atoms with Gasteiger partial charge in [-0.25, -0.2) is 4.79 Å². The summed E-state index contributed by atoms with van der Waals surface area (Å²) in [5.74, 6) is 0.172. The Morgan fingerprint density at radius 2 is 2.18 bits per heavy atom. The normalized spacial score (nSPS) is 20.2. The summed E-state index contributed by atoms with van der Waals surface area (Å²) in [4.78, 5) is 13.7. The second-order valence-electron chi connectivity index (χ2n) is 6.03. The summed E-state index contributed by atoms with van der Waals surface area (Å²) >= 11 is 7.02. The van der Waals surface area contributed by atoms with Crippen LogP contribution in [-0.4, -0.2) is 23.7 Å². The molecule has 0 spiro atoms. The minimum Gasteiger partial charge on any atom is -0.462 e. The van der Waals surface area contributed by atoms with Crippen LogP contribution in [0.5, 0.6) is 0 Å². The Morgan fingerprint density at radius 1 is 1.41 bits per heavy atom. The predicted molar refractivity (Wildman–Crippen MR) is 94.0 cm³/mol. The molecule has 0 amide bonds. The van der Waals surface area contributed by atoms with E-state index in [1.807, 2.05) is 6.92 Å². The molecule has 0 bridgehead atoms. The Labute approximate surface area is 140 Å². The molecule has 0 unspecified atom stereocenters. The Kier molecular flexibility index (Phi) is 4.68. The molecule has 120 valence electrons. The summed E-state index contributed by atoms with van der Waals surface area (Å²) in [5, 5.41) is 7.96. The van der Waals surface area contributed by atoms with E-state index in [1.54, 1.807) is 11.3 Å². The van der Waals surface area contributed by atoms with E-state index in [0.29, 0.717) is 29.2 Å². The zero-order valence-electron chi connectivity index (χ0n) is 13.0. The van der Waals surface area contributed by atoms with E-state index in [4.69, 9.17) is 17.0 Å². The average molecular weight is 338 g/mol. The minimum atomic E-state index is -0.231. The maximum Gasteiger partial charge on any atom is 0.341 e. The SMILES string of the molecule is CCOC(=O)c1c(NC(=S)NC2CC2)sc2c1[C@H](C)CCC2. The third-order valence-corrected chi connectivity index (χ3v) is 5.58. The molecule has 1 fully saturated rings. The zero-order chi connectivity index (χ0) is 15.7. The van der Waals surface area contributed by atoms with Crippen LogP contribution >= 0.6 is 23.6 Å². The summed E-state index contributed by atoms with van der Waals surface area (Å²) in [5.41, 5.74) is 1.88. The van der Waals surface area contributed by atoms with Crippen molar-refractivity contribution in [3.8, 4) is 0 Å². The maximum absolute atomic E-state index is 12.4. The van der Waals surface area contributed by atoms with Crippen LogP contribution in [-0.2, 0) is 11.2 Å². The lowest BCUT2D eigenvalue weighted by Crippen LogP contribution is -2.30. The van der Waals surface area contributed by atoms with Crippen molar-refractivity contribution in [3.63, 3.8) is 0 Å². The molecule has 1 atom stereocenters. The first kappa shape index (κ1) is 15.7. The van der Waals surface area contributed by atoms with Gasteiger partial charge in [0.1, 0.15) is 5.00 Å². The van der Waals surface area contributed by atoms with Gasteiger partial charge in [-0.15, -0.1) is 11.3 Å². The smallest absolute Gasteiger partial charge is 0.341 e. The van der Waals surface area contributed by atoms with Crippen LogP contribution in [0.25, 0.3) is 0 Å². The second kappa shape index (κ2) is 6.54. The largest absolute Gasteiger partial charge is 0.462 e. The fraction of sp³-hybridized carbons (Fsp3) is 0.625. The fourth-order valence-electron chi connectivity index (χ4n) is 2.96.